The van der Waals surface area contributed by atoms with Crippen LogP contribution in [0.1, 0.15) is 12.5 Å². The molecule has 0 aromatic heterocycles. The molecule has 1 aromatic rings. The van der Waals surface area contributed by atoms with E-state index >= 15 is 0 Å². The molecule has 0 aliphatic heterocycles. The van der Waals surface area contributed by atoms with Crippen LogP contribution in [0.5, 0.6) is 0 Å². The minimum atomic E-state index is -0.874. The lowest BCUT2D eigenvalue weighted by molar-refractivity contribution is -0.120. The first-order chi connectivity index (χ1) is 5.55. The van der Waals surface area contributed by atoms with E-state index in [9.17, 15) is 4.79 Å². The molecule has 2 N–H and O–H groups in total. The summed E-state index contributed by atoms with van der Waals surface area (Å²) in [5, 5.41) is 0. The first-order valence-electron chi connectivity index (χ1n) is 3.63. The van der Waals surface area contributed by atoms with E-state index in [2.05, 4.69) is 12.6 Å². The number of hydrogen-bond acceptors (Lipinski definition) is 2. The molecule has 0 saturated heterocycles. The molecule has 12 heavy (non-hydrogen) atoms. The second kappa shape index (κ2) is 3.19. The molecule has 64 valence electrons. The third-order valence-corrected chi connectivity index (χ3v) is 2.29. The van der Waals surface area contributed by atoms with Crippen molar-refractivity contribution in [1.29, 1.82) is 0 Å². The second-order valence-electron chi connectivity index (χ2n) is 2.80. The van der Waals surface area contributed by atoms with E-state index < -0.39 is 10.7 Å². The zero-order valence-electron chi connectivity index (χ0n) is 6.82. The lowest BCUT2D eigenvalue weighted by atomic mass is 10.00. The van der Waals surface area contributed by atoms with E-state index in [1.54, 1.807) is 6.92 Å². The van der Waals surface area contributed by atoms with Crippen LogP contribution < -0.4 is 5.73 Å². The molecule has 2 nitrogen and oxygen atoms in total. The number of amides is 1. The van der Waals surface area contributed by atoms with Gasteiger partial charge in [-0.3, -0.25) is 4.79 Å². The summed E-state index contributed by atoms with van der Waals surface area (Å²) in [6, 6.07) is 9.25. The summed E-state index contributed by atoms with van der Waals surface area (Å²) >= 11 is 4.20. The summed E-state index contributed by atoms with van der Waals surface area (Å²) in [6.07, 6.45) is 0. The molecule has 1 amide bonds. The maximum atomic E-state index is 11.0. The van der Waals surface area contributed by atoms with Crippen LogP contribution in [0.2, 0.25) is 0 Å². The molecule has 0 fully saturated rings. The van der Waals surface area contributed by atoms with Gasteiger partial charge in [0.15, 0.2) is 0 Å². The normalized spacial score (nSPS) is 15.2. The van der Waals surface area contributed by atoms with Crippen molar-refractivity contribution >= 4 is 18.5 Å². The predicted octanol–water partition coefficient (Wildman–Crippen LogP) is 1.32. The van der Waals surface area contributed by atoms with E-state index in [4.69, 9.17) is 5.73 Å². The molecule has 0 aliphatic carbocycles. The van der Waals surface area contributed by atoms with Gasteiger partial charge >= 0.3 is 0 Å². The van der Waals surface area contributed by atoms with E-state index in [0.29, 0.717) is 0 Å². The largest absolute Gasteiger partial charge is 0.368 e. The Kier molecular flexibility index (Phi) is 2.43. The highest BCUT2D eigenvalue weighted by Crippen LogP contribution is 2.26. The molecular formula is C9H11NOS. The van der Waals surface area contributed by atoms with Gasteiger partial charge in [0, 0.05) is 0 Å². The highest BCUT2D eigenvalue weighted by molar-refractivity contribution is 7.82. The van der Waals surface area contributed by atoms with Crippen LogP contribution in [0.4, 0.5) is 0 Å². The Labute approximate surface area is 77.2 Å². The van der Waals surface area contributed by atoms with Crippen LogP contribution in [0.25, 0.3) is 0 Å². The number of carbonyl (C=O) groups excluding carboxylic acids is 1. The Bertz CT molecular complexity index is 282. The molecule has 1 rings (SSSR count). The van der Waals surface area contributed by atoms with Crippen molar-refractivity contribution in [1.82, 2.24) is 0 Å². The molecule has 0 aliphatic rings. The first-order valence-corrected chi connectivity index (χ1v) is 4.07. The van der Waals surface area contributed by atoms with E-state index in [0.717, 1.165) is 5.56 Å². The van der Waals surface area contributed by atoms with Crippen molar-refractivity contribution in [3.05, 3.63) is 35.9 Å². The van der Waals surface area contributed by atoms with Gasteiger partial charge in [0.2, 0.25) is 5.91 Å². The third kappa shape index (κ3) is 1.61. The third-order valence-electron chi connectivity index (χ3n) is 1.82. The summed E-state index contributed by atoms with van der Waals surface area (Å²) in [4.78, 5) is 11.0. The van der Waals surface area contributed by atoms with Crippen molar-refractivity contribution in [2.24, 2.45) is 5.73 Å². The quantitative estimate of drug-likeness (QED) is 0.664. The maximum absolute atomic E-state index is 11.0. The SMILES string of the molecule is CC(S)(C(N)=O)c1ccccc1. The number of carbonyl (C=O) groups is 1. The van der Waals surface area contributed by atoms with Crippen molar-refractivity contribution < 1.29 is 4.79 Å². The Balaban J connectivity index is 3.06. The van der Waals surface area contributed by atoms with Crippen LogP contribution >= 0.6 is 12.6 Å². The van der Waals surface area contributed by atoms with Crippen LogP contribution in [-0.4, -0.2) is 5.91 Å². The van der Waals surface area contributed by atoms with Gasteiger partial charge in [-0.2, -0.15) is 12.6 Å². The van der Waals surface area contributed by atoms with Gasteiger partial charge in [-0.25, -0.2) is 0 Å². The van der Waals surface area contributed by atoms with Crippen LogP contribution in [-0.2, 0) is 9.54 Å². The van der Waals surface area contributed by atoms with Crippen molar-refractivity contribution in [3.63, 3.8) is 0 Å². The monoisotopic (exact) mass is 181 g/mol. The second-order valence-corrected chi connectivity index (χ2v) is 3.70. The van der Waals surface area contributed by atoms with Gasteiger partial charge < -0.3 is 5.73 Å². The van der Waals surface area contributed by atoms with E-state index in [1.807, 2.05) is 30.3 Å². The minimum Gasteiger partial charge on any atom is -0.368 e. The Morgan fingerprint density at radius 3 is 2.33 bits per heavy atom. The lowest BCUT2D eigenvalue weighted by Gasteiger charge is -2.19. The first kappa shape index (κ1) is 9.13. The number of hydrogen-bond donors (Lipinski definition) is 2. The summed E-state index contributed by atoms with van der Waals surface area (Å²) in [7, 11) is 0. The Hall–Kier alpha value is -0.960. The lowest BCUT2D eigenvalue weighted by Crippen LogP contribution is -2.33. The Morgan fingerprint density at radius 1 is 1.42 bits per heavy atom. The van der Waals surface area contributed by atoms with E-state index in [-0.39, 0.29) is 0 Å². The van der Waals surface area contributed by atoms with Gasteiger partial charge in [0.05, 0.1) is 0 Å². The molecule has 0 bridgehead atoms. The van der Waals surface area contributed by atoms with Crippen molar-refractivity contribution in [2.75, 3.05) is 0 Å². The summed E-state index contributed by atoms with van der Waals surface area (Å²) in [5.74, 6) is -0.433. The number of rotatable bonds is 2. The number of thiol groups is 1. The molecule has 0 heterocycles. The van der Waals surface area contributed by atoms with Gasteiger partial charge in [-0.1, -0.05) is 30.3 Å². The highest BCUT2D eigenvalue weighted by Gasteiger charge is 2.27. The van der Waals surface area contributed by atoms with Gasteiger partial charge in [-0.05, 0) is 12.5 Å². The van der Waals surface area contributed by atoms with Gasteiger partial charge in [0.1, 0.15) is 4.75 Å². The fraction of sp³-hybridized carbons (Fsp3) is 0.222. The number of nitrogens with two attached hydrogens (primary N) is 1. The molecule has 3 heteroatoms. The zero-order chi connectivity index (χ0) is 9.19. The number of benzene rings is 1. The van der Waals surface area contributed by atoms with Gasteiger partial charge in [0.25, 0.3) is 0 Å². The Morgan fingerprint density at radius 2 is 1.92 bits per heavy atom. The summed E-state index contributed by atoms with van der Waals surface area (Å²) < 4.78 is -0.874. The molecule has 0 radical (unpaired) electrons. The standard InChI is InChI=1S/C9H11NOS/c1-9(12,8(10)11)7-5-3-2-4-6-7/h2-6,12H,1H3,(H2,10,11). The van der Waals surface area contributed by atoms with Crippen LogP contribution in [0.3, 0.4) is 0 Å². The van der Waals surface area contributed by atoms with Gasteiger partial charge in [-0.15, -0.1) is 0 Å². The average Bonchev–Trinajstić information content (AvgIpc) is 2.06. The minimum absolute atomic E-state index is 0.433. The molecule has 1 unspecified atom stereocenters. The fourth-order valence-corrected chi connectivity index (χ4v) is 1.05. The molecule has 1 atom stereocenters. The van der Waals surface area contributed by atoms with Crippen LogP contribution in [0, 0.1) is 0 Å². The maximum Gasteiger partial charge on any atom is 0.237 e. The topological polar surface area (TPSA) is 43.1 Å². The zero-order valence-corrected chi connectivity index (χ0v) is 7.71. The summed E-state index contributed by atoms with van der Waals surface area (Å²) in [6.45, 7) is 1.69. The molecule has 0 saturated carbocycles. The van der Waals surface area contributed by atoms with Crippen molar-refractivity contribution in [3.8, 4) is 0 Å². The number of primary amides is 1. The van der Waals surface area contributed by atoms with E-state index in [1.165, 1.54) is 0 Å². The molecule has 1 aromatic carbocycles. The predicted molar refractivity (Wildman–Crippen MR) is 52.0 cm³/mol. The average molecular weight is 181 g/mol. The molecular weight excluding hydrogens is 170 g/mol. The van der Waals surface area contributed by atoms with Crippen LogP contribution in [0.15, 0.2) is 30.3 Å². The highest BCUT2D eigenvalue weighted by atomic mass is 32.1. The van der Waals surface area contributed by atoms with Crippen molar-refractivity contribution in [2.45, 2.75) is 11.7 Å². The summed E-state index contributed by atoms with van der Waals surface area (Å²) in [5.41, 5.74) is 6.01. The smallest absolute Gasteiger partial charge is 0.237 e. The fourth-order valence-electron chi connectivity index (χ4n) is 0.905. The molecule has 0 spiro atoms.